The van der Waals surface area contributed by atoms with E-state index in [1.54, 1.807) is 0 Å². The minimum atomic E-state index is 0.403. The van der Waals surface area contributed by atoms with Crippen LogP contribution in [0.15, 0.2) is 30.3 Å². The Balaban J connectivity index is 2.46. The maximum Gasteiger partial charge on any atom is 0.0363 e. The van der Waals surface area contributed by atoms with Gasteiger partial charge in [-0.2, -0.15) is 0 Å². The fraction of sp³-hybridized carbons (Fsp3) is 0.625. The molecule has 0 aromatic heterocycles. The molecule has 0 radical (unpaired) electrons. The van der Waals surface area contributed by atoms with Crippen molar-refractivity contribution < 1.29 is 0 Å². The number of benzene rings is 1. The summed E-state index contributed by atoms with van der Waals surface area (Å²) in [5.74, 6) is 0. The van der Waals surface area contributed by atoms with Gasteiger partial charge in [-0.3, -0.25) is 0 Å². The van der Waals surface area contributed by atoms with Crippen LogP contribution >= 0.6 is 0 Å². The molecule has 0 spiro atoms. The molecule has 0 aliphatic rings. The SMILES string of the molecule is CCCCCC(C)(C)CN(C)c1ccccc1. The van der Waals surface area contributed by atoms with Gasteiger partial charge in [-0.05, 0) is 24.0 Å². The second-order valence-corrected chi connectivity index (χ2v) is 5.81. The third kappa shape index (κ3) is 5.25. The van der Waals surface area contributed by atoms with Crippen LogP contribution in [0.25, 0.3) is 0 Å². The molecule has 0 aliphatic heterocycles. The summed E-state index contributed by atoms with van der Waals surface area (Å²) in [7, 11) is 2.19. The predicted molar refractivity (Wildman–Crippen MR) is 77.6 cm³/mol. The highest BCUT2D eigenvalue weighted by Crippen LogP contribution is 2.26. The van der Waals surface area contributed by atoms with E-state index in [4.69, 9.17) is 0 Å². The van der Waals surface area contributed by atoms with Gasteiger partial charge in [0.15, 0.2) is 0 Å². The first-order chi connectivity index (χ1) is 8.05. The summed E-state index contributed by atoms with van der Waals surface area (Å²) in [6, 6.07) is 10.7. The molecule has 96 valence electrons. The number of rotatable bonds is 7. The van der Waals surface area contributed by atoms with Crippen LogP contribution in [0.3, 0.4) is 0 Å². The van der Waals surface area contributed by atoms with E-state index in [9.17, 15) is 0 Å². The Bertz CT molecular complexity index is 303. The molecule has 1 aromatic carbocycles. The van der Waals surface area contributed by atoms with E-state index in [1.165, 1.54) is 31.4 Å². The van der Waals surface area contributed by atoms with E-state index >= 15 is 0 Å². The maximum atomic E-state index is 2.38. The fourth-order valence-electron chi connectivity index (χ4n) is 2.35. The molecule has 1 rings (SSSR count). The van der Waals surface area contributed by atoms with Crippen LogP contribution in [0.1, 0.15) is 46.5 Å². The summed E-state index contributed by atoms with van der Waals surface area (Å²) in [4.78, 5) is 2.37. The number of para-hydroxylation sites is 1. The lowest BCUT2D eigenvalue weighted by atomic mass is 9.86. The van der Waals surface area contributed by atoms with E-state index in [-0.39, 0.29) is 0 Å². The minimum Gasteiger partial charge on any atom is -0.374 e. The van der Waals surface area contributed by atoms with Crippen LogP contribution in [-0.2, 0) is 0 Å². The lowest BCUT2D eigenvalue weighted by Crippen LogP contribution is -2.31. The van der Waals surface area contributed by atoms with Crippen LogP contribution in [0.5, 0.6) is 0 Å². The molecule has 0 N–H and O–H groups in total. The van der Waals surface area contributed by atoms with Gasteiger partial charge in [0.1, 0.15) is 0 Å². The molecule has 0 fully saturated rings. The van der Waals surface area contributed by atoms with Gasteiger partial charge < -0.3 is 4.90 Å². The average Bonchev–Trinajstić information content (AvgIpc) is 2.30. The summed E-state index contributed by atoms with van der Waals surface area (Å²) < 4.78 is 0. The lowest BCUT2D eigenvalue weighted by Gasteiger charge is -2.31. The number of hydrogen-bond donors (Lipinski definition) is 0. The molecule has 0 atom stereocenters. The average molecular weight is 233 g/mol. The molecule has 0 aliphatic carbocycles. The van der Waals surface area contributed by atoms with E-state index in [0.29, 0.717) is 5.41 Å². The number of unbranched alkanes of at least 4 members (excludes halogenated alkanes) is 2. The molecule has 0 saturated heterocycles. The van der Waals surface area contributed by atoms with Gasteiger partial charge in [0.25, 0.3) is 0 Å². The molecule has 0 heterocycles. The lowest BCUT2D eigenvalue weighted by molar-refractivity contribution is 0.327. The van der Waals surface area contributed by atoms with Gasteiger partial charge in [-0.1, -0.05) is 58.2 Å². The van der Waals surface area contributed by atoms with Crippen LogP contribution in [0.4, 0.5) is 5.69 Å². The minimum absolute atomic E-state index is 0.403. The topological polar surface area (TPSA) is 3.24 Å². The van der Waals surface area contributed by atoms with Gasteiger partial charge in [-0.15, -0.1) is 0 Å². The number of anilines is 1. The molecular weight excluding hydrogens is 206 g/mol. The van der Waals surface area contributed by atoms with Crippen molar-refractivity contribution in [1.82, 2.24) is 0 Å². The summed E-state index contributed by atoms with van der Waals surface area (Å²) in [6.07, 6.45) is 5.34. The summed E-state index contributed by atoms with van der Waals surface area (Å²) in [6.45, 7) is 8.15. The van der Waals surface area contributed by atoms with Gasteiger partial charge in [-0.25, -0.2) is 0 Å². The number of nitrogens with zero attached hydrogens (tertiary/aromatic N) is 1. The van der Waals surface area contributed by atoms with Gasteiger partial charge in [0.2, 0.25) is 0 Å². The Labute approximate surface area is 107 Å². The van der Waals surface area contributed by atoms with Crippen molar-refractivity contribution in [3.63, 3.8) is 0 Å². The van der Waals surface area contributed by atoms with Crippen molar-refractivity contribution in [3.8, 4) is 0 Å². The van der Waals surface area contributed by atoms with Crippen molar-refractivity contribution in [1.29, 1.82) is 0 Å². The van der Waals surface area contributed by atoms with E-state index in [2.05, 4.69) is 63.1 Å². The van der Waals surface area contributed by atoms with Crippen molar-refractivity contribution in [3.05, 3.63) is 30.3 Å². The molecule has 0 bridgehead atoms. The largest absolute Gasteiger partial charge is 0.374 e. The van der Waals surface area contributed by atoms with E-state index in [0.717, 1.165) is 6.54 Å². The third-order valence-electron chi connectivity index (χ3n) is 3.32. The summed E-state index contributed by atoms with van der Waals surface area (Å²) >= 11 is 0. The first kappa shape index (κ1) is 14.1. The first-order valence-electron chi connectivity index (χ1n) is 6.81. The molecule has 17 heavy (non-hydrogen) atoms. The zero-order valence-corrected chi connectivity index (χ0v) is 11.9. The normalized spacial score (nSPS) is 11.5. The molecule has 0 amide bonds. The Morgan fingerprint density at radius 3 is 2.29 bits per heavy atom. The predicted octanol–water partition coefficient (Wildman–Crippen LogP) is 4.73. The van der Waals surface area contributed by atoms with Crippen LogP contribution in [0.2, 0.25) is 0 Å². The molecule has 1 nitrogen and oxygen atoms in total. The Morgan fingerprint density at radius 1 is 1.06 bits per heavy atom. The second kappa shape index (κ2) is 6.68. The molecule has 1 aromatic rings. The van der Waals surface area contributed by atoms with Crippen molar-refractivity contribution in [2.75, 3.05) is 18.5 Å². The zero-order chi connectivity index (χ0) is 12.7. The van der Waals surface area contributed by atoms with Crippen molar-refractivity contribution in [2.24, 2.45) is 5.41 Å². The Hall–Kier alpha value is -0.980. The highest BCUT2D eigenvalue weighted by Gasteiger charge is 2.19. The molecular formula is C16H27N. The quantitative estimate of drug-likeness (QED) is 0.615. The second-order valence-electron chi connectivity index (χ2n) is 5.81. The Kier molecular flexibility index (Phi) is 5.54. The molecule has 0 unspecified atom stereocenters. The summed E-state index contributed by atoms with van der Waals surface area (Å²) in [5, 5.41) is 0. The van der Waals surface area contributed by atoms with Crippen molar-refractivity contribution in [2.45, 2.75) is 46.5 Å². The Morgan fingerprint density at radius 2 is 1.71 bits per heavy atom. The fourth-order valence-corrected chi connectivity index (χ4v) is 2.35. The van der Waals surface area contributed by atoms with E-state index in [1.807, 2.05) is 0 Å². The molecule has 1 heteroatoms. The highest BCUT2D eigenvalue weighted by atomic mass is 15.1. The smallest absolute Gasteiger partial charge is 0.0363 e. The standard InChI is InChI=1S/C16H27N/c1-5-6-10-13-16(2,3)14-17(4)15-11-8-7-9-12-15/h7-9,11-12H,5-6,10,13-14H2,1-4H3. The summed E-state index contributed by atoms with van der Waals surface area (Å²) in [5.41, 5.74) is 1.72. The van der Waals surface area contributed by atoms with Gasteiger partial charge in [0.05, 0.1) is 0 Å². The van der Waals surface area contributed by atoms with Crippen LogP contribution in [0, 0.1) is 5.41 Å². The highest BCUT2D eigenvalue weighted by molar-refractivity contribution is 5.45. The zero-order valence-electron chi connectivity index (χ0n) is 11.9. The van der Waals surface area contributed by atoms with Crippen molar-refractivity contribution >= 4 is 5.69 Å². The number of hydrogen-bond acceptors (Lipinski definition) is 1. The van der Waals surface area contributed by atoms with Crippen LogP contribution < -0.4 is 4.90 Å². The maximum absolute atomic E-state index is 2.38. The van der Waals surface area contributed by atoms with Gasteiger partial charge in [0, 0.05) is 19.3 Å². The van der Waals surface area contributed by atoms with Gasteiger partial charge >= 0.3 is 0 Å². The third-order valence-corrected chi connectivity index (χ3v) is 3.32. The first-order valence-corrected chi connectivity index (χ1v) is 6.81. The van der Waals surface area contributed by atoms with Crippen LogP contribution in [-0.4, -0.2) is 13.6 Å². The molecule has 0 saturated carbocycles. The monoisotopic (exact) mass is 233 g/mol. The van der Waals surface area contributed by atoms with E-state index < -0.39 is 0 Å².